The molecule has 2 saturated heterocycles. The number of fused-ring (bicyclic) bond motifs is 1. The zero-order valence-electron chi connectivity index (χ0n) is 19.8. The highest BCUT2D eigenvalue weighted by Gasteiger charge is 2.52. The summed E-state index contributed by atoms with van der Waals surface area (Å²) in [6.07, 6.45) is -1.36. The van der Waals surface area contributed by atoms with E-state index in [2.05, 4.69) is 0 Å². The van der Waals surface area contributed by atoms with Gasteiger partial charge in [-0.05, 0) is 38.8 Å². The molecule has 0 bridgehead atoms. The fraction of sp³-hybridized carbons (Fsp3) is 0.667. The number of aliphatic hydroxyl groups is 2. The van der Waals surface area contributed by atoms with Gasteiger partial charge in [-0.25, -0.2) is 9.60 Å². The summed E-state index contributed by atoms with van der Waals surface area (Å²) in [7, 11) is 0. The Morgan fingerprint density at radius 3 is 2.24 bits per heavy atom. The summed E-state index contributed by atoms with van der Waals surface area (Å²) in [4.78, 5) is 28.6. The third kappa shape index (κ3) is 5.05. The highest BCUT2D eigenvalue weighted by molar-refractivity contribution is 6.05. The number of anilines is 1. The molecule has 188 valence electrons. The van der Waals surface area contributed by atoms with Crippen LogP contribution >= 0.6 is 0 Å². The van der Waals surface area contributed by atoms with Gasteiger partial charge in [0.2, 0.25) is 11.8 Å². The van der Waals surface area contributed by atoms with Crippen molar-refractivity contribution in [2.24, 2.45) is 11.8 Å². The van der Waals surface area contributed by atoms with Gasteiger partial charge in [0.15, 0.2) is 0 Å². The molecule has 4 rings (SSSR count). The topological polar surface area (TPSA) is 111 Å². The lowest BCUT2D eigenvalue weighted by Crippen LogP contribution is -2.58. The average molecular weight is 481 g/mol. The van der Waals surface area contributed by atoms with Gasteiger partial charge in [-0.3, -0.25) is 14.5 Å². The Balaban J connectivity index is 1.31. The number of ether oxygens (including phenoxy) is 1. The van der Waals surface area contributed by atoms with Crippen LogP contribution in [-0.2, 0) is 9.59 Å². The molecule has 0 radical (unpaired) electrons. The molecule has 4 unspecified atom stereocenters. The molecule has 1 saturated carbocycles. The summed E-state index contributed by atoms with van der Waals surface area (Å²) in [5, 5.41) is 30.8. The number of rotatable bonds is 7. The van der Waals surface area contributed by atoms with E-state index in [9.17, 15) is 29.4 Å². The van der Waals surface area contributed by atoms with Gasteiger partial charge in [-0.1, -0.05) is 0 Å². The molecule has 3 N–H and O–H groups in total. The molecular weight excluding hydrogens is 445 g/mol. The summed E-state index contributed by atoms with van der Waals surface area (Å²) in [5.74, 6) is -1.46. The first kappa shape index (κ1) is 24.8. The number of amides is 2. The van der Waals surface area contributed by atoms with Crippen molar-refractivity contribution in [2.45, 2.75) is 51.4 Å². The largest absolute Gasteiger partial charge is 0.489 e. The summed E-state index contributed by atoms with van der Waals surface area (Å²) >= 11 is 0. The molecule has 1 aromatic rings. The number of hydroxylamine groups is 3. The van der Waals surface area contributed by atoms with Crippen LogP contribution in [0.3, 0.4) is 0 Å². The molecule has 2 aliphatic heterocycles. The van der Waals surface area contributed by atoms with Gasteiger partial charge in [-0.2, -0.15) is 4.65 Å². The SMILES string of the molecule is CC(C)Oc1ccc(F)cc1N1CC[N+](O)(CCCN2C(=O)C3CC(O)C(O)CC3C2=O)CC1. The van der Waals surface area contributed by atoms with E-state index in [1.165, 1.54) is 17.0 Å². The molecular formula is C24H35FN3O6+. The van der Waals surface area contributed by atoms with Crippen LogP contribution in [-0.4, -0.2) is 94.4 Å². The minimum Gasteiger partial charge on any atom is -0.489 e. The first-order valence-electron chi connectivity index (χ1n) is 12.1. The lowest BCUT2D eigenvalue weighted by atomic mass is 9.78. The maximum Gasteiger partial charge on any atom is 0.233 e. The Bertz CT molecular complexity index is 892. The van der Waals surface area contributed by atoms with Crippen LogP contribution < -0.4 is 9.64 Å². The fourth-order valence-electron chi connectivity index (χ4n) is 5.35. The molecule has 34 heavy (non-hydrogen) atoms. The van der Waals surface area contributed by atoms with E-state index in [4.69, 9.17) is 4.74 Å². The molecule has 0 spiro atoms. The van der Waals surface area contributed by atoms with Gasteiger partial charge in [0, 0.05) is 19.0 Å². The van der Waals surface area contributed by atoms with Crippen molar-refractivity contribution in [3.8, 4) is 5.75 Å². The van der Waals surface area contributed by atoms with Crippen molar-refractivity contribution in [3.63, 3.8) is 0 Å². The van der Waals surface area contributed by atoms with Gasteiger partial charge in [0.25, 0.3) is 0 Å². The van der Waals surface area contributed by atoms with Crippen LogP contribution in [0.25, 0.3) is 0 Å². The van der Waals surface area contributed by atoms with E-state index in [-0.39, 0.29) is 47.8 Å². The number of nitrogens with zero attached hydrogens (tertiary/aromatic N) is 3. The van der Waals surface area contributed by atoms with E-state index in [0.717, 1.165) is 0 Å². The van der Waals surface area contributed by atoms with Crippen LogP contribution in [0.5, 0.6) is 5.75 Å². The zero-order chi connectivity index (χ0) is 24.6. The number of quaternary nitrogens is 1. The standard InChI is InChI=1S/C24H35FN3O6/c1-15(2)34-22-5-4-16(25)12-19(22)26-7-10-28(33,11-8-26)9-3-6-27-23(31)17-13-20(29)21(30)14-18(17)24(27)32/h4-5,12,15,17-18,20-21,29-30,33H,3,6-11,13-14H2,1-2H3/q+1. The number of hydrogen-bond acceptors (Lipinski definition) is 7. The van der Waals surface area contributed by atoms with Crippen LogP contribution in [0.1, 0.15) is 33.1 Å². The second-order valence-corrected chi connectivity index (χ2v) is 10.0. The number of piperazine rings is 1. The molecule has 1 aromatic carbocycles. The predicted octanol–water partition coefficient (Wildman–Crippen LogP) is 1.15. The van der Waals surface area contributed by atoms with E-state index in [1.54, 1.807) is 6.07 Å². The number of imide groups is 1. The summed E-state index contributed by atoms with van der Waals surface area (Å²) < 4.78 is 19.5. The fourth-order valence-corrected chi connectivity index (χ4v) is 5.35. The quantitative estimate of drug-likeness (QED) is 0.397. The van der Waals surface area contributed by atoms with E-state index in [1.807, 2.05) is 18.7 Å². The number of benzene rings is 1. The molecule has 3 aliphatic rings. The Kier molecular flexibility index (Phi) is 7.14. The monoisotopic (exact) mass is 480 g/mol. The second kappa shape index (κ2) is 9.77. The summed E-state index contributed by atoms with van der Waals surface area (Å²) in [6.45, 7) is 6.27. The Labute approximate surface area is 198 Å². The van der Waals surface area contributed by atoms with Gasteiger partial charge < -0.3 is 19.8 Å². The highest BCUT2D eigenvalue weighted by atomic mass is 19.1. The molecule has 2 heterocycles. The minimum atomic E-state index is -0.981. The molecule has 1 aliphatic carbocycles. The molecule has 2 amide bonds. The van der Waals surface area contributed by atoms with Crippen LogP contribution in [0, 0.1) is 17.7 Å². The van der Waals surface area contributed by atoms with Crippen LogP contribution in [0.15, 0.2) is 18.2 Å². The first-order valence-corrected chi connectivity index (χ1v) is 12.1. The van der Waals surface area contributed by atoms with Crippen molar-refractivity contribution in [2.75, 3.05) is 44.2 Å². The average Bonchev–Trinajstić information content (AvgIpc) is 3.00. The Hall–Kier alpha value is -2.27. The van der Waals surface area contributed by atoms with Gasteiger partial charge in [-0.15, -0.1) is 0 Å². The van der Waals surface area contributed by atoms with Gasteiger partial charge >= 0.3 is 0 Å². The van der Waals surface area contributed by atoms with Crippen molar-refractivity contribution in [1.82, 2.24) is 4.90 Å². The van der Waals surface area contributed by atoms with E-state index < -0.39 is 24.0 Å². The van der Waals surface area contributed by atoms with E-state index >= 15 is 0 Å². The van der Waals surface area contributed by atoms with Crippen LogP contribution in [0.2, 0.25) is 0 Å². The summed E-state index contributed by atoms with van der Waals surface area (Å²) in [5.41, 5.74) is 0.667. The smallest absolute Gasteiger partial charge is 0.233 e. The highest BCUT2D eigenvalue weighted by Crippen LogP contribution is 2.38. The summed E-state index contributed by atoms with van der Waals surface area (Å²) in [6, 6.07) is 4.45. The van der Waals surface area contributed by atoms with Crippen molar-refractivity contribution >= 4 is 17.5 Å². The lowest BCUT2D eigenvalue weighted by Gasteiger charge is -2.40. The van der Waals surface area contributed by atoms with Crippen LogP contribution in [0.4, 0.5) is 10.1 Å². The third-order valence-corrected chi connectivity index (χ3v) is 7.24. The zero-order valence-corrected chi connectivity index (χ0v) is 19.8. The number of hydrogen-bond donors (Lipinski definition) is 3. The molecule has 10 heteroatoms. The van der Waals surface area contributed by atoms with Gasteiger partial charge in [0.1, 0.15) is 31.2 Å². The minimum absolute atomic E-state index is 0.0481. The Morgan fingerprint density at radius 1 is 1.09 bits per heavy atom. The van der Waals surface area contributed by atoms with Crippen molar-refractivity contribution < 1.29 is 38.8 Å². The maximum atomic E-state index is 13.9. The lowest BCUT2D eigenvalue weighted by molar-refractivity contribution is -1.10. The normalized spacial score (nSPS) is 29.0. The second-order valence-electron chi connectivity index (χ2n) is 10.0. The number of carbonyl (C=O) groups is 2. The van der Waals surface area contributed by atoms with E-state index in [0.29, 0.717) is 50.6 Å². The number of likely N-dealkylation sites (tertiary alicyclic amines) is 1. The molecule has 4 atom stereocenters. The molecule has 9 nitrogen and oxygen atoms in total. The van der Waals surface area contributed by atoms with Crippen molar-refractivity contribution in [3.05, 3.63) is 24.0 Å². The first-order chi connectivity index (χ1) is 16.1. The predicted molar refractivity (Wildman–Crippen MR) is 121 cm³/mol. The Morgan fingerprint density at radius 2 is 1.68 bits per heavy atom. The number of halogens is 1. The number of aliphatic hydroxyl groups excluding tert-OH is 2. The van der Waals surface area contributed by atoms with Gasteiger partial charge in [0.05, 0.1) is 48.9 Å². The third-order valence-electron chi connectivity index (χ3n) is 7.24. The molecule has 3 fully saturated rings. The van der Waals surface area contributed by atoms with Crippen molar-refractivity contribution in [1.29, 1.82) is 0 Å². The maximum absolute atomic E-state index is 13.9. The molecule has 0 aromatic heterocycles. The number of carbonyl (C=O) groups excluding carboxylic acids is 2.